The molecule has 0 fully saturated rings. The number of carbonyl (C=O) groups excluding carboxylic acids is 1. The summed E-state index contributed by atoms with van der Waals surface area (Å²) in [6.07, 6.45) is -2.39. The third-order valence-electron chi connectivity index (χ3n) is 3.19. The van der Waals surface area contributed by atoms with Crippen molar-refractivity contribution >= 4 is 5.91 Å². The monoisotopic (exact) mass is 279 g/mol. The molecule has 0 aromatic carbocycles. The first-order chi connectivity index (χ1) is 8.58. The first-order valence-electron chi connectivity index (χ1n) is 6.00. The first kappa shape index (κ1) is 15.7. The highest BCUT2D eigenvalue weighted by Gasteiger charge is 2.44. The van der Waals surface area contributed by atoms with Crippen LogP contribution < -0.4 is 5.32 Å². The number of hydrogen-bond acceptors (Lipinski definition) is 1. The number of alkyl halides is 2. The Balaban J connectivity index is 3.03. The first-order valence-corrected chi connectivity index (χ1v) is 6.00. The van der Waals surface area contributed by atoms with Gasteiger partial charge in [0.25, 0.3) is 5.91 Å². The molecule has 3 atom stereocenters. The Morgan fingerprint density at radius 3 is 2.37 bits per heavy atom. The number of amides is 1. The van der Waals surface area contributed by atoms with E-state index >= 15 is 0 Å². The highest BCUT2D eigenvalue weighted by molar-refractivity contribution is 5.98. The molecule has 0 bridgehead atoms. The Bertz CT molecular complexity index is 440. The van der Waals surface area contributed by atoms with Crippen molar-refractivity contribution in [1.29, 1.82) is 0 Å². The van der Waals surface area contributed by atoms with E-state index in [-0.39, 0.29) is 18.0 Å². The number of carbonyl (C=O) groups is 1. The van der Waals surface area contributed by atoms with Gasteiger partial charge in [0.1, 0.15) is 11.4 Å². The van der Waals surface area contributed by atoms with Gasteiger partial charge >= 0.3 is 0 Å². The molecule has 2 nitrogen and oxygen atoms in total. The zero-order valence-electron chi connectivity index (χ0n) is 11.2. The fourth-order valence-corrected chi connectivity index (χ4v) is 1.54. The average Bonchev–Trinajstić information content (AvgIpc) is 2.25. The van der Waals surface area contributed by atoms with Crippen molar-refractivity contribution in [3.05, 3.63) is 23.3 Å². The highest BCUT2D eigenvalue weighted by Crippen LogP contribution is 2.37. The molecular formula is C13H17F4NO. The van der Waals surface area contributed by atoms with E-state index in [2.05, 4.69) is 5.32 Å². The Labute approximate surface area is 109 Å². The van der Waals surface area contributed by atoms with Crippen LogP contribution in [0.1, 0.15) is 27.7 Å². The van der Waals surface area contributed by atoms with E-state index in [0.717, 1.165) is 0 Å². The van der Waals surface area contributed by atoms with Gasteiger partial charge < -0.3 is 5.32 Å². The Morgan fingerprint density at radius 1 is 1.37 bits per heavy atom. The second-order valence-electron chi connectivity index (χ2n) is 5.24. The summed E-state index contributed by atoms with van der Waals surface area (Å²) in [5, 5.41) is 2.35. The SMILES string of the molecule is CC(C)C(C)NC(=O)C1=C(F)C(F)C(C)(F)C=C1F. The Morgan fingerprint density at radius 2 is 1.89 bits per heavy atom. The molecule has 0 heterocycles. The summed E-state index contributed by atoms with van der Waals surface area (Å²) in [5.74, 6) is -4.13. The second-order valence-corrected chi connectivity index (χ2v) is 5.24. The van der Waals surface area contributed by atoms with Crippen molar-refractivity contribution in [3.8, 4) is 0 Å². The Kier molecular flexibility index (Phi) is 4.43. The zero-order chi connectivity index (χ0) is 15.0. The number of nitrogens with one attached hydrogen (secondary N) is 1. The van der Waals surface area contributed by atoms with Crippen molar-refractivity contribution in [1.82, 2.24) is 5.32 Å². The molecular weight excluding hydrogens is 262 g/mol. The van der Waals surface area contributed by atoms with E-state index in [1.807, 2.05) is 0 Å². The van der Waals surface area contributed by atoms with E-state index in [1.54, 1.807) is 20.8 Å². The molecule has 0 saturated carbocycles. The summed E-state index contributed by atoms with van der Waals surface area (Å²) >= 11 is 0. The van der Waals surface area contributed by atoms with Crippen LogP contribution in [-0.4, -0.2) is 23.8 Å². The summed E-state index contributed by atoms with van der Waals surface area (Å²) in [7, 11) is 0. The van der Waals surface area contributed by atoms with E-state index in [4.69, 9.17) is 0 Å². The van der Waals surface area contributed by atoms with Gasteiger partial charge in [0.2, 0.25) is 0 Å². The van der Waals surface area contributed by atoms with Gasteiger partial charge in [-0.3, -0.25) is 4.79 Å². The van der Waals surface area contributed by atoms with Gasteiger partial charge in [-0.05, 0) is 25.8 Å². The van der Waals surface area contributed by atoms with Crippen LogP contribution in [0.25, 0.3) is 0 Å². The van der Waals surface area contributed by atoms with Gasteiger partial charge in [0.15, 0.2) is 17.7 Å². The molecule has 0 aromatic heterocycles. The van der Waals surface area contributed by atoms with Crippen molar-refractivity contribution < 1.29 is 22.4 Å². The summed E-state index contributed by atoms with van der Waals surface area (Å²) in [6.45, 7) is 5.97. The third kappa shape index (κ3) is 3.16. The fourth-order valence-electron chi connectivity index (χ4n) is 1.54. The maximum absolute atomic E-state index is 13.6. The number of hydrogen-bond donors (Lipinski definition) is 1. The van der Waals surface area contributed by atoms with E-state index < -0.39 is 35.0 Å². The molecule has 0 radical (unpaired) electrons. The lowest BCUT2D eigenvalue weighted by molar-refractivity contribution is -0.118. The minimum atomic E-state index is -2.79. The predicted molar refractivity (Wildman–Crippen MR) is 64.2 cm³/mol. The quantitative estimate of drug-likeness (QED) is 0.789. The van der Waals surface area contributed by atoms with Crippen LogP contribution in [0.4, 0.5) is 17.6 Å². The molecule has 1 aliphatic rings. The largest absolute Gasteiger partial charge is 0.349 e. The topological polar surface area (TPSA) is 29.1 Å². The molecule has 19 heavy (non-hydrogen) atoms. The van der Waals surface area contributed by atoms with Crippen molar-refractivity contribution in [3.63, 3.8) is 0 Å². The normalized spacial score (nSPS) is 29.3. The Hall–Kier alpha value is -1.33. The lowest BCUT2D eigenvalue weighted by Crippen LogP contribution is -2.41. The minimum Gasteiger partial charge on any atom is -0.349 e. The molecule has 1 rings (SSSR count). The van der Waals surface area contributed by atoms with E-state index in [0.29, 0.717) is 6.92 Å². The summed E-state index contributed by atoms with van der Waals surface area (Å²) in [6, 6.07) is -0.350. The number of rotatable bonds is 3. The van der Waals surface area contributed by atoms with Gasteiger partial charge in [-0.25, -0.2) is 17.6 Å². The van der Waals surface area contributed by atoms with Crippen molar-refractivity contribution in [2.24, 2.45) is 5.92 Å². The highest BCUT2D eigenvalue weighted by atomic mass is 19.2. The van der Waals surface area contributed by atoms with Gasteiger partial charge in [-0.2, -0.15) is 0 Å². The van der Waals surface area contributed by atoms with Crippen LogP contribution in [0.5, 0.6) is 0 Å². The molecule has 1 amide bonds. The van der Waals surface area contributed by atoms with Gasteiger partial charge in [0.05, 0.1) is 0 Å². The van der Waals surface area contributed by atoms with Crippen LogP contribution in [0.2, 0.25) is 0 Å². The smallest absolute Gasteiger partial charge is 0.257 e. The van der Waals surface area contributed by atoms with Crippen molar-refractivity contribution in [2.75, 3.05) is 0 Å². The van der Waals surface area contributed by atoms with E-state index in [1.165, 1.54) is 0 Å². The maximum Gasteiger partial charge on any atom is 0.257 e. The standard InChI is InChI=1S/C13H17F4NO/c1-6(2)7(3)18-12(19)9-8(14)5-13(4,17)11(16)10(9)15/h5-7,11H,1-4H3,(H,18,19). The molecule has 0 aromatic rings. The number of halogens is 4. The van der Waals surface area contributed by atoms with Gasteiger partial charge in [-0.1, -0.05) is 13.8 Å². The summed E-state index contributed by atoms with van der Waals surface area (Å²) in [4.78, 5) is 11.7. The van der Waals surface area contributed by atoms with Crippen LogP contribution in [-0.2, 0) is 4.79 Å². The average molecular weight is 279 g/mol. The van der Waals surface area contributed by atoms with Gasteiger partial charge in [-0.15, -0.1) is 0 Å². The molecule has 3 unspecified atom stereocenters. The molecule has 0 aliphatic heterocycles. The summed E-state index contributed by atoms with van der Waals surface area (Å²) in [5.41, 5.74) is -3.85. The van der Waals surface area contributed by atoms with Gasteiger partial charge in [0, 0.05) is 6.04 Å². The van der Waals surface area contributed by atoms with Crippen LogP contribution >= 0.6 is 0 Å². The maximum atomic E-state index is 13.6. The third-order valence-corrected chi connectivity index (χ3v) is 3.19. The summed E-state index contributed by atoms with van der Waals surface area (Å²) < 4.78 is 54.1. The minimum absolute atomic E-state index is 0.0378. The lowest BCUT2D eigenvalue weighted by atomic mass is 9.91. The van der Waals surface area contributed by atoms with Crippen LogP contribution in [0.3, 0.4) is 0 Å². The van der Waals surface area contributed by atoms with Crippen LogP contribution in [0, 0.1) is 5.92 Å². The second kappa shape index (κ2) is 5.35. The molecule has 1 N–H and O–H groups in total. The van der Waals surface area contributed by atoms with Crippen LogP contribution in [0.15, 0.2) is 23.3 Å². The van der Waals surface area contributed by atoms with Crippen molar-refractivity contribution in [2.45, 2.75) is 45.6 Å². The van der Waals surface area contributed by atoms with E-state index in [9.17, 15) is 22.4 Å². The number of allylic oxidation sites excluding steroid dienone is 2. The fraction of sp³-hybridized carbons (Fsp3) is 0.615. The zero-order valence-corrected chi connectivity index (χ0v) is 11.2. The molecule has 0 saturated heterocycles. The lowest BCUT2D eigenvalue weighted by Gasteiger charge is -2.26. The molecule has 108 valence electrons. The molecule has 6 heteroatoms. The predicted octanol–water partition coefficient (Wildman–Crippen LogP) is 3.30. The molecule has 1 aliphatic carbocycles. The molecule has 0 spiro atoms.